The van der Waals surface area contributed by atoms with E-state index in [1.165, 1.54) is 17.2 Å². The third-order valence-corrected chi connectivity index (χ3v) is 9.76. The van der Waals surface area contributed by atoms with E-state index in [2.05, 4.69) is 41.5 Å². The molecule has 164 valence electrons. The van der Waals surface area contributed by atoms with Crippen molar-refractivity contribution in [1.29, 1.82) is 0 Å². The molecule has 0 radical (unpaired) electrons. The number of rotatable bonds is 5. The molecule has 31 heavy (non-hydrogen) atoms. The summed E-state index contributed by atoms with van der Waals surface area (Å²) in [5.41, 5.74) is 4.25. The number of aromatic nitrogens is 1. The van der Waals surface area contributed by atoms with Gasteiger partial charge in [-0.3, -0.25) is 0 Å². The van der Waals surface area contributed by atoms with E-state index in [-0.39, 0.29) is 9.92 Å². The molecular formula is C23H24Cl2N2O2S2. The Morgan fingerprint density at radius 1 is 1.10 bits per heavy atom. The van der Waals surface area contributed by atoms with Crippen LogP contribution >= 0.6 is 34.5 Å². The van der Waals surface area contributed by atoms with Crippen molar-refractivity contribution in [3.8, 4) is 0 Å². The highest BCUT2D eigenvalue weighted by atomic mass is 35.5. The summed E-state index contributed by atoms with van der Waals surface area (Å²) in [5.74, 6) is 0. The molecule has 0 spiro atoms. The lowest BCUT2D eigenvalue weighted by Crippen LogP contribution is -2.39. The topological polar surface area (TPSA) is 50.3 Å². The molecule has 2 aromatic carbocycles. The highest BCUT2D eigenvalue weighted by molar-refractivity contribution is 7.92. The van der Waals surface area contributed by atoms with Crippen LogP contribution in [0.3, 0.4) is 0 Å². The molecule has 0 aliphatic carbocycles. The number of benzene rings is 2. The van der Waals surface area contributed by atoms with Crippen LogP contribution in [0.2, 0.25) is 10.0 Å². The minimum Gasteiger partial charge on any atom is -0.348 e. The number of aryl methyl sites for hydroxylation is 2. The summed E-state index contributed by atoms with van der Waals surface area (Å²) in [5, 5.41) is 3.27. The summed E-state index contributed by atoms with van der Waals surface area (Å²) in [6.45, 7) is 5.20. The maximum Gasteiger partial charge on any atom is 0.185 e. The van der Waals surface area contributed by atoms with Crippen LogP contribution in [0.5, 0.6) is 0 Å². The summed E-state index contributed by atoms with van der Waals surface area (Å²) in [7, 11) is -3.51. The lowest BCUT2D eigenvalue weighted by Gasteiger charge is -2.31. The van der Waals surface area contributed by atoms with Gasteiger partial charge in [-0.1, -0.05) is 53.0 Å². The van der Waals surface area contributed by atoms with Crippen LogP contribution in [0.1, 0.15) is 35.2 Å². The van der Waals surface area contributed by atoms with Crippen molar-refractivity contribution >= 4 is 49.5 Å². The van der Waals surface area contributed by atoms with Gasteiger partial charge in [0.2, 0.25) is 0 Å². The first-order chi connectivity index (χ1) is 14.7. The first kappa shape index (κ1) is 22.6. The van der Waals surface area contributed by atoms with Crippen molar-refractivity contribution in [2.45, 2.75) is 43.3 Å². The number of thiazole rings is 1. The zero-order valence-electron chi connectivity index (χ0n) is 17.4. The highest BCUT2D eigenvalue weighted by Crippen LogP contribution is 2.34. The van der Waals surface area contributed by atoms with Gasteiger partial charge >= 0.3 is 0 Å². The number of hydrogen-bond acceptors (Lipinski definition) is 5. The molecule has 1 saturated heterocycles. The van der Waals surface area contributed by atoms with E-state index >= 15 is 0 Å². The van der Waals surface area contributed by atoms with Crippen molar-refractivity contribution in [1.82, 2.24) is 4.98 Å². The highest BCUT2D eigenvalue weighted by Gasteiger charge is 2.33. The Labute approximate surface area is 197 Å². The number of hydrogen-bond donors (Lipinski definition) is 0. The molecule has 0 amide bonds. The predicted molar refractivity (Wildman–Crippen MR) is 130 cm³/mol. The second-order valence-corrected chi connectivity index (χ2v) is 11.9. The minimum atomic E-state index is -3.51. The van der Waals surface area contributed by atoms with E-state index in [4.69, 9.17) is 28.2 Å². The zero-order chi connectivity index (χ0) is 22.2. The van der Waals surface area contributed by atoms with E-state index < -0.39 is 15.1 Å². The molecule has 0 saturated carbocycles. The Balaban J connectivity index is 1.43. The summed E-state index contributed by atoms with van der Waals surface area (Å²) >= 11 is 13.9. The largest absolute Gasteiger partial charge is 0.348 e. The first-order valence-corrected chi connectivity index (χ1v) is 13.4. The molecule has 8 heteroatoms. The quantitative estimate of drug-likeness (QED) is 0.429. The van der Waals surface area contributed by atoms with Crippen molar-refractivity contribution in [3.05, 3.63) is 74.2 Å². The molecule has 3 aromatic rings. The summed E-state index contributed by atoms with van der Waals surface area (Å²) in [6.07, 6.45) is 1.90. The second-order valence-electron chi connectivity index (χ2n) is 8.05. The Hall–Kier alpha value is -1.60. The third kappa shape index (κ3) is 4.92. The van der Waals surface area contributed by atoms with Crippen LogP contribution in [0, 0.1) is 13.8 Å². The van der Waals surface area contributed by atoms with E-state index in [0.29, 0.717) is 36.5 Å². The summed E-state index contributed by atoms with van der Waals surface area (Å²) in [6, 6.07) is 11.6. The van der Waals surface area contributed by atoms with Gasteiger partial charge in [0.05, 0.1) is 20.9 Å². The fourth-order valence-corrected chi connectivity index (χ4v) is 7.39. The third-order valence-electron chi connectivity index (χ3n) is 5.68. The average Bonchev–Trinajstić information content (AvgIpc) is 3.19. The molecule has 4 nitrogen and oxygen atoms in total. The van der Waals surface area contributed by atoms with Crippen LogP contribution in [-0.2, 0) is 16.3 Å². The van der Waals surface area contributed by atoms with Crippen molar-refractivity contribution in [2.75, 3.05) is 18.0 Å². The SMILES string of the molecule is Cc1cccc(Cc2csc(N3CCC(S(=O)(=O)c4cc(C)c(Cl)cc4Cl)CC3)n2)c1. The van der Waals surface area contributed by atoms with Gasteiger partial charge in [-0.2, -0.15) is 0 Å². The standard InChI is InChI=1S/C23H24Cl2N2O2S2/c1-15-4-3-5-17(10-15)12-18-14-30-23(26-18)27-8-6-19(7-9-27)31(28,29)22-11-16(2)20(24)13-21(22)25/h3-5,10-11,13-14,19H,6-9,12H2,1-2H3. The molecule has 1 fully saturated rings. The van der Waals surface area contributed by atoms with Crippen molar-refractivity contribution in [3.63, 3.8) is 0 Å². The van der Waals surface area contributed by atoms with Crippen molar-refractivity contribution < 1.29 is 8.42 Å². The molecule has 0 atom stereocenters. The number of sulfone groups is 1. The van der Waals surface area contributed by atoms with Gasteiger partial charge in [-0.05, 0) is 49.9 Å². The second kappa shape index (κ2) is 9.10. The fraction of sp³-hybridized carbons (Fsp3) is 0.348. The monoisotopic (exact) mass is 494 g/mol. The van der Waals surface area contributed by atoms with Gasteiger partial charge in [0, 0.05) is 29.9 Å². The van der Waals surface area contributed by atoms with Crippen molar-refractivity contribution in [2.24, 2.45) is 0 Å². The lowest BCUT2D eigenvalue weighted by molar-refractivity contribution is 0.529. The van der Waals surface area contributed by atoms with E-state index in [1.807, 2.05) is 0 Å². The van der Waals surface area contributed by atoms with Gasteiger partial charge < -0.3 is 4.90 Å². The van der Waals surface area contributed by atoms with E-state index in [0.717, 1.165) is 17.2 Å². The average molecular weight is 495 g/mol. The smallest absolute Gasteiger partial charge is 0.185 e. The maximum atomic E-state index is 13.2. The van der Waals surface area contributed by atoms with Crippen LogP contribution < -0.4 is 4.90 Å². The predicted octanol–water partition coefficient (Wildman–Crippen LogP) is 6.10. The van der Waals surface area contributed by atoms with Gasteiger partial charge in [0.25, 0.3) is 0 Å². The molecule has 0 unspecified atom stereocenters. The Kier molecular flexibility index (Phi) is 6.63. The number of nitrogens with zero attached hydrogens (tertiary/aromatic N) is 2. The van der Waals surface area contributed by atoms with Gasteiger partial charge in [-0.15, -0.1) is 11.3 Å². The Bertz CT molecular complexity index is 1200. The molecule has 1 aliphatic heterocycles. The Morgan fingerprint density at radius 2 is 1.84 bits per heavy atom. The number of anilines is 1. The lowest BCUT2D eigenvalue weighted by atomic mass is 10.1. The number of piperidine rings is 1. The first-order valence-electron chi connectivity index (χ1n) is 10.2. The summed E-state index contributed by atoms with van der Waals surface area (Å²) in [4.78, 5) is 7.17. The van der Waals surface area contributed by atoms with Gasteiger partial charge in [0.15, 0.2) is 15.0 Å². The van der Waals surface area contributed by atoms with Crippen LogP contribution in [0.4, 0.5) is 5.13 Å². The molecule has 4 rings (SSSR count). The zero-order valence-corrected chi connectivity index (χ0v) is 20.6. The van der Waals surface area contributed by atoms with Crippen LogP contribution in [0.15, 0.2) is 46.7 Å². The fourth-order valence-electron chi connectivity index (χ4n) is 3.94. The molecule has 1 aromatic heterocycles. The van der Waals surface area contributed by atoms with Crippen LogP contribution in [0.25, 0.3) is 0 Å². The van der Waals surface area contributed by atoms with Gasteiger partial charge in [0.1, 0.15) is 0 Å². The Morgan fingerprint density at radius 3 is 2.55 bits per heavy atom. The summed E-state index contributed by atoms with van der Waals surface area (Å²) < 4.78 is 26.4. The van der Waals surface area contributed by atoms with E-state index in [1.54, 1.807) is 24.3 Å². The molecule has 0 bridgehead atoms. The molecule has 1 aliphatic rings. The normalized spacial score (nSPS) is 15.4. The molecule has 0 N–H and O–H groups in total. The minimum absolute atomic E-state index is 0.184. The maximum absolute atomic E-state index is 13.2. The van der Waals surface area contributed by atoms with Crippen LogP contribution in [-0.4, -0.2) is 31.7 Å². The van der Waals surface area contributed by atoms with E-state index in [9.17, 15) is 8.42 Å². The van der Waals surface area contributed by atoms with Gasteiger partial charge in [-0.25, -0.2) is 13.4 Å². The molecule has 2 heterocycles. The number of halogens is 2. The molecular weight excluding hydrogens is 471 g/mol.